The van der Waals surface area contributed by atoms with Gasteiger partial charge in [-0.1, -0.05) is 18.5 Å². The molecule has 4 heteroatoms. The Labute approximate surface area is 94.6 Å². The van der Waals surface area contributed by atoms with Crippen LogP contribution in [0.15, 0.2) is 18.2 Å². The van der Waals surface area contributed by atoms with Crippen LogP contribution in [0.4, 0.5) is 5.69 Å². The van der Waals surface area contributed by atoms with Gasteiger partial charge in [-0.2, -0.15) is 0 Å². The van der Waals surface area contributed by atoms with E-state index in [0.717, 1.165) is 6.54 Å². The maximum absolute atomic E-state index is 11.6. The second-order valence-corrected chi connectivity index (χ2v) is 3.67. The first-order chi connectivity index (χ1) is 7.15. The highest BCUT2D eigenvalue weighted by Crippen LogP contribution is 2.20. The topological polar surface area (TPSA) is 55.1 Å². The van der Waals surface area contributed by atoms with E-state index in [1.807, 2.05) is 6.92 Å². The second kappa shape index (κ2) is 5.73. The molecule has 3 nitrogen and oxygen atoms in total. The Bertz CT molecular complexity index is 352. The van der Waals surface area contributed by atoms with E-state index in [-0.39, 0.29) is 5.78 Å². The molecule has 0 aromatic heterocycles. The minimum Gasteiger partial charge on any atom is -0.398 e. The zero-order valence-corrected chi connectivity index (χ0v) is 9.47. The van der Waals surface area contributed by atoms with E-state index in [1.54, 1.807) is 18.2 Å². The van der Waals surface area contributed by atoms with E-state index in [2.05, 4.69) is 5.32 Å². The van der Waals surface area contributed by atoms with Crippen LogP contribution in [0.5, 0.6) is 0 Å². The molecule has 1 aromatic carbocycles. The lowest BCUT2D eigenvalue weighted by Gasteiger charge is -2.04. The summed E-state index contributed by atoms with van der Waals surface area (Å²) in [5, 5.41) is 3.58. The van der Waals surface area contributed by atoms with E-state index in [0.29, 0.717) is 29.2 Å². The van der Waals surface area contributed by atoms with E-state index >= 15 is 0 Å². The average molecular weight is 227 g/mol. The lowest BCUT2D eigenvalue weighted by molar-refractivity contribution is 0.0983. The molecule has 0 saturated carbocycles. The molecule has 0 saturated heterocycles. The summed E-state index contributed by atoms with van der Waals surface area (Å²) in [6.07, 6.45) is 0.481. The second-order valence-electron chi connectivity index (χ2n) is 3.26. The van der Waals surface area contributed by atoms with Crippen LogP contribution < -0.4 is 11.1 Å². The van der Waals surface area contributed by atoms with Gasteiger partial charge in [-0.3, -0.25) is 4.79 Å². The molecule has 0 fully saturated rings. The third kappa shape index (κ3) is 3.53. The van der Waals surface area contributed by atoms with Gasteiger partial charge in [-0.05, 0) is 24.7 Å². The zero-order valence-electron chi connectivity index (χ0n) is 8.72. The SMILES string of the molecule is CCNCCC(=O)c1ccc(Cl)c(N)c1. The Morgan fingerprint density at radius 1 is 1.53 bits per heavy atom. The quantitative estimate of drug-likeness (QED) is 0.459. The van der Waals surface area contributed by atoms with Crippen LogP contribution in [-0.4, -0.2) is 18.9 Å². The van der Waals surface area contributed by atoms with Crippen LogP contribution >= 0.6 is 11.6 Å². The molecule has 82 valence electrons. The summed E-state index contributed by atoms with van der Waals surface area (Å²) in [5.74, 6) is 0.0827. The van der Waals surface area contributed by atoms with Gasteiger partial charge in [0.05, 0.1) is 10.7 Å². The smallest absolute Gasteiger partial charge is 0.164 e. The molecule has 0 aliphatic heterocycles. The molecular formula is C11H15ClN2O. The summed E-state index contributed by atoms with van der Waals surface area (Å²) in [6, 6.07) is 4.97. The summed E-state index contributed by atoms with van der Waals surface area (Å²) in [4.78, 5) is 11.6. The number of Topliss-reactive ketones (excluding diaryl/α,β-unsaturated/α-hetero) is 1. The largest absolute Gasteiger partial charge is 0.398 e. The van der Waals surface area contributed by atoms with E-state index in [4.69, 9.17) is 17.3 Å². The number of carbonyl (C=O) groups excluding carboxylic acids is 1. The standard InChI is InChI=1S/C11H15ClN2O/c1-2-14-6-5-11(15)8-3-4-9(12)10(13)7-8/h3-4,7,14H,2,5-6,13H2,1H3. The average Bonchev–Trinajstić information content (AvgIpc) is 2.22. The number of hydrogen-bond donors (Lipinski definition) is 2. The third-order valence-electron chi connectivity index (χ3n) is 2.10. The number of anilines is 1. The van der Waals surface area contributed by atoms with Gasteiger partial charge in [0, 0.05) is 18.5 Å². The lowest BCUT2D eigenvalue weighted by atomic mass is 10.1. The molecule has 0 unspecified atom stereocenters. The molecule has 0 spiro atoms. The van der Waals surface area contributed by atoms with Crippen molar-refractivity contribution in [2.75, 3.05) is 18.8 Å². The highest BCUT2D eigenvalue weighted by molar-refractivity contribution is 6.33. The molecule has 0 amide bonds. The Morgan fingerprint density at radius 3 is 2.87 bits per heavy atom. The first kappa shape index (κ1) is 12.0. The van der Waals surface area contributed by atoms with Crippen molar-refractivity contribution in [3.63, 3.8) is 0 Å². The van der Waals surface area contributed by atoms with Crippen molar-refractivity contribution in [2.45, 2.75) is 13.3 Å². The van der Waals surface area contributed by atoms with Crippen LogP contribution in [0.25, 0.3) is 0 Å². The first-order valence-electron chi connectivity index (χ1n) is 4.94. The van der Waals surface area contributed by atoms with Crippen molar-refractivity contribution in [3.8, 4) is 0 Å². The summed E-state index contributed by atoms with van der Waals surface area (Å²) >= 11 is 5.76. The minimum atomic E-state index is 0.0827. The number of nitrogens with two attached hydrogens (primary N) is 1. The predicted molar refractivity (Wildman–Crippen MR) is 63.4 cm³/mol. The molecule has 0 radical (unpaired) electrons. The van der Waals surface area contributed by atoms with Gasteiger partial charge >= 0.3 is 0 Å². The molecular weight excluding hydrogens is 212 g/mol. The highest BCUT2D eigenvalue weighted by Gasteiger charge is 2.06. The summed E-state index contributed by atoms with van der Waals surface area (Å²) < 4.78 is 0. The van der Waals surface area contributed by atoms with Crippen molar-refractivity contribution in [1.82, 2.24) is 5.32 Å². The minimum absolute atomic E-state index is 0.0827. The Morgan fingerprint density at radius 2 is 2.27 bits per heavy atom. The Balaban J connectivity index is 2.62. The van der Waals surface area contributed by atoms with Crippen LogP contribution in [-0.2, 0) is 0 Å². The highest BCUT2D eigenvalue weighted by atomic mass is 35.5. The number of nitrogens with one attached hydrogen (secondary N) is 1. The number of halogens is 1. The lowest BCUT2D eigenvalue weighted by Crippen LogP contribution is -2.17. The number of hydrogen-bond acceptors (Lipinski definition) is 3. The molecule has 0 aliphatic carbocycles. The monoisotopic (exact) mass is 226 g/mol. The van der Waals surface area contributed by atoms with Crippen molar-refractivity contribution in [1.29, 1.82) is 0 Å². The third-order valence-corrected chi connectivity index (χ3v) is 2.44. The van der Waals surface area contributed by atoms with Crippen LogP contribution in [0.1, 0.15) is 23.7 Å². The van der Waals surface area contributed by atoms with Crippen LogP contribution in [0.3, 0.4) is 0 Å². The van der Waals surface area contributed by atoms with Gasteiger partial charge in [0.2, 0.25) is 0 Å². The Hall–Kier alpha value is -1.06. The Kier molecular flexibility index (Phi) is 4.59. The normalized spacial score (nSPS) is 10.3. The van der Waals surface area contributed by atoms with E-state index in [9.17, 15) is 4.79 Å². The van der Waals surface area contributed by atoms with Gasteiger partial charge in [0.1, 0.15) is 0 Å². The molecule has 0 aliphatic rings. The molecule has 0 heterocycles. The summed E-state index contributed by atoms with van der Waals surface area (Å²) in [5.41, 5.74) is 6.68. The molecule has 0 atom stereocenters. The number of nitrogen functional groups attached to an aromatic ring is 1. The van der Waals surface area contributed by atoms with E-state index < -0.39 is 0 Å². The maximum Gasteiger partial charge on any atom is 0.164 e. The van der Waals surface area contributed by atoms with Crippen LogP contribution in [0.2, 0.25) is 5.02 Å². The predicted octanol–water partition coefficient (Wildman–Crippen LogP) is 2.10. The van der Waals surface area contributed by atoms with Crippen LogP contribution in [0, 0.1) is 0 Å². The van der Waals surface area contributed by atoms with E-state index in [1.165, 1.54) is 0 Å². The fourth-order valence-corrected chi connectivity index (χ4v) is 1.36. The van der Waals surface area contributed by atoms with Gasteiger partial charge in [-0.15, -0.1) is 0 Å². The number of benzene rings is 1. The van der Waals surface area contributed by atoms with Crippen molar-refractivity contribution in [2.24, 2.45) is 0 Å². The zero-order chi connectivity index (χ0) is 11.3. The van der Waals surface area contributed by atoms with Crippen molar-refractivity contribution >= 4 is 23.1 Å². The number of ketones is 1. The summed E-state index contributed by atoms with van der Waals surface area (Å²) in [6.45, 7) is 3.57. The fourth-order valence-electron chi connectivity index (χ4n) is 1.24. The van der Waals surface area contributed by atoms with Gasteiger partial charge in [0.15, 0.2) is 5.78 Å². The van der Waals surface area contributed by atoms with Gasteiger partial charge < -0.3 is 11.1 Å². The number of carbonyl (C=O) groups is 1. The summed E-state index contributed by atoms with van der Waals surface area (Å²) in [7, 11) is 0. The fraction of sp³-hybridized carbons (Fsp3) is 0.364. The molecule has 15 heavy (non-hydrogen) atoms. The molecule has 1 aromatic rings. The first-order valence-corrected chi connectivity index (χ1v) is 5.32. The number of rotatable bonds is 5. The molecule has 3 N–H and O–H groups in total. The molecule has 1 rings (SSSR count). The maximum atomic E-state index is 11.6. The van der Waals surface area contributed by atoms with Gasteiger partial charge in [-0.25, -0.2) is 0 Å². The van der Waals surface area contributed by atoms with Crippen molar-refractivity contribution in [3.05, 3.63) is 28.8 Å². The van der Waals surface area contributed by atoms with Crippen molar-refractivity contribution < 1.29 is 4.79 Å². The van der Waals surface area contributed by atoms with Gasteiger partial charge in [0.25, 0.3) is 0 Å². The molecule has 0 bridgehead atoms.